The molecular formula is C16H21N3O. The lowest BCUT2D eigenvalue weighted by molar-refractivity contribution is -0.123. The summed E-state index contributed by atoms with van der Waals surface area (Å²) >= 11 is 0. The smallest absolute Gasteiger partial charge is 0.222 e. The number of fused-ring (bicyclic) bond motifs is 1. The molecule has 4 nitrogen and oxygen atoms in total. The van der Waals surface area contributed by atoms with Crippen molar-refractivity contribution >= 4 is 22.6 Å². The molecule has 0 unspecified atom stereocenters. The van der Waals surface area contributed by atoms with E-state index in [0.717, 1.165) is 22.3 Å². The number of aromatic nitrogens is 1. The highest BCUT2D eigenvalue weighted by molar-refractivity contribution is 5.81. The van der Waals surface area contributed by atoms with Crippen molar-refractivity contribution in [1.82, 2.24) is 10.3 Å². The molecule has 20 heavy (non-hydrogen) atoms. The van der Waals surface area contributed by atoms with Crippen molar-refractivity contribution in [3.05, 3.63) is 35.9 Å². The summed E-state index contributed by atoms with van der Waals surface area (Å²) in [6, 6.07) is 10.2. The lowest BCUT2D eigenvalue weighted by Gasteiger charge is -2.11. The Morgan fingerprint density at radius 1 is 1.25 bits per heavy atom. The number of nitrogens with zero attached hydrogens (tertiary/aromatic N) is 1. The minimum absolute atomic E-state index is 0.0236. The van der Waals surface area contributed by atoms with Gasteiger partial charge < -0.3 is 10.6 Å². The second kappa shape index (κ2) is 6.37. The van der Waals surface area contributed by atoms with Crippen LogP contribution in [0.25, 0.3) is 10.9 Å². The van der Waals surface area contributed by atoms with Crippen molar-refractivity contribution in [2.45, 2.75) is 20.8 Å². The van der Waals surface area contributed by atoms with E-state index >= 15 is 0 Å². The second-order valence-corrected chi connectivity index (χ2v) is 5.22. The van der Waals surface area contributed by atoms with Crippen molar-refractivity contribution in [2.24, 2.45) is 5.92 Å². The number of hydrogen-bond acceptors (Lipinski definition) is 3. The van der Waals surface area contributed by atoms with Crippen LogP contribution in [0.2, 0.25) is 0 Å². The van der Waals surface area contributed by atoms with Gasteiger partial charge in [-0.05, 0) is 24.6 Å². The molecule has 2 rings (SSSR count). The number of nitrogens with one attached hydrogen (secondary N) is 2. The molecule has 4 heteroatoms. The molecule has 1 aromatic heterocycles. The third kappa shape index (κ3) is 3.47. The van der Waals surface area contributed by atoms with Crippen LogP contribution in [-0.4, -0.2) is 24.0 Å². The fourth-order valence-electron chi connectivity index (χ4n) is 1.97. The molecule has 0 saturated heterocycles. The molecule has 0 aliphatic carbocycles. The van der Waals surface area contributed by atoms with E-state index in [-0.39, 0.29) is 11.8 Å². The Bertz CT molecular complexity index is 608. The largest absolute Gasteiger partial charge is 0.368 e. The highest BCUT2D eigenvalue weighted by Crippen LogP contribution is 2.19. The Morgan fingerprint density at radius 3 is 2.75 bits per heavy atom. The maximum atomic E-state index is 11.4. The van der Waals surface area contributed by atoms with E-state index in [4.69, 9.17) is 0 Å². The summed E-state index contributed by atoms with van der Waals surface area (Å²) in [4.78, 5) is 16.0. The molecule has 0 aliphatic heterocycles. The Labute approximate surface area is 119 Å². The van der Waals surface area contributed by atoms with Gasteiger partial charge in [-0.25, -0.2) is 4.98 Å². The van der Waals surface area contributed by atoms with Crippen molar-refractivity contribution in [3.8, 4) is 0 Å². The van der Waals surface area contributed by atoms with Gasteiger partial charge in [0.05, 0.1) is 5.52 Å². The van der Waals surface area contributed by atoms with Crippen molar-refractivity contribution in [2.75, 3.05) is 18.4 Å². The second-order valence-electron chi connectivity index (χ2n) is 5.22. The number of amides is 1. The maximum absolute atomic E-state index is 11.4. The van der Waals surface area contributed by atoms with E-state index < -0.39 is 0 Å². The minimum Gasteiger partial charge on any atom is -0.368 e. The summed E-state index contributed by atoms with van der Waals surface area (Å²) in [6.45, 7) is 7.08. The number of anilines is 1. The number of para-hydroxylation sites is 1. The Kier molecular flexibility index (Phi) is 4.56. The summed E-state index contributed by atoms with van der Waals surface area (Å²) in [7, 11) is 0. The van der Waals surface area contributed by atoms with Crippen LogP contribution in [-0.2, 0) is 4.79 Å². The topological polar surface area (TPSA) is 54.0 Å². The predicted molar refractivity (Wildman–Crippen MR) is 82.8 cm³/mol. The van der Waals surface area contributed by atoms with E-state index in [0.29, 0.717) is 13.1 Å². The molecule has 0 radical (unpaired) electrons. The molecule has 0 saturated carbocycles. The zero-order valence-electron chi connectivity index (χ0n) is 12.2. The van der Waals surface area contributed by atoms with Gasteiger partial charge >= 0.3 is 0 Å². The van der Waals surface area contributed by atoms with Gasteiger partial charge in [-0.1, -0.05) is 32.0 Å². The summed E-state index contributed by atoms with van der Waals surface area (Å²) in [6.07, 6.45) is 0. The first-order valence-electron chi connectivity index (χ1n) is 6.96. The summed E-state index contributed by atoms with van der Waals surface area (Å²) in [5.41, 5.74) is 2.09. The fraction of sp³-hybridized carbons (Fsp3) is 0.375. The Hall–Kier alpha value is -2.10. The number of aryl methyl sites for hydroxylation is 1. The molecule has 0 bridgehead atoms. The fourth-order valence-corrected chi connectivity index (χ4v) is 1.97. The average Bonchev–Trinajstić information content (AvgIpc) is 2.43. The third-order valence-electron chi connectivity index (χ3n) is 3.16. The molecule has 1 heterocycles. The molecule has 1 aromatic carbocycles. The SMILES string of the molecule is Cc1cc2ccccc2nc1NCCNC(=O)C(C)C. The van der Waals surface area contributed by atoms with Crippen molar-refractivity contribution in [3.63, 3.8) is 0 Å². The monoisotopic (exact) mass is 271 g/mol. The highest BCUT2D eigenvalue weighted by Gasteiger charge is 2.06. The number of carbonyl (C=O) groups is 1. The van der Waals surface area contributed by atoms with Crippen LogP contribution in [0.1, 0.15) is 19.4 Å². The van der Waals surface area contributed by atoms with Crippen LogP contribution in [0.15, 0.2) is 30.3 Å². The van der Waals surface area contributed by atoms with Crippen molar-refractivity contribution in [1.29, 1.82) is 0 Å². The lowest BCUT2D eigenvalue weighted by Crippen LogP contribution is -2.32. The third-order valence-corrected chi connectivity index (χ3v) is 3.16. The maximum Gasteiger partial charge on any atom is 0.222 e. The van der Waals surface area contributed by atoms with Crippen LogP contribution < -0.4 is 10.6 Å². The van der Waals surface area contributed by atoms with Crippen LogP contribution in [0.3, 0.4) is 0 Å². The first kappa shape index (κ1) is 14.3. The van der Waals surface area contributed by atoms with Gasteiger partial charge in [-0.2, -0.15) is 0 Å². The Morgan fingerprint density at radius 2 is 2.00 bits per heavy atom. The van der Waals surface area contributed by atoms with E-state index in [2.05, 4.69) is 27.8 Å². The zero-order valence-corrected chi connectivity index (χ0v) is 12.2. The van der Waals surface area contributed by atoms with Gasteiger partial charge in [0.2, 0.25) is 5.91 Å². The molecule has 0 spiro atoms. The number of carbonyl (C=O) groups excluding carboxylic acids is 1. The van der Waals surface area contributed by atoms with Crippen molar-refractivity contribution < 1.29 is 4.79 Å². The molecule has 0 atom stereocenters. The zero-order chi connectivity index (χ0) is 14.5. The molecule has 0 fully saturated rings. The molecule has 0 aliphatic rings. The summed E-state index contributed by atoms with van der Waals surface area (Å²) in [5.74, 6) is 0.980. The van der Waals surface area contributed by atoms with Gasteiger partial charge in [-0.3, -0.25) is 4.79 Å². The van der Waals surface area contributed by atoms with Gasteiger partial charge in [0.25, 0.3) is 0 Å². The molecule has 2 N–H and O–H groups in total. The van der Waals surface area contributed by atoms with Gasteiger partial charge in [0.1, 0.15) is 5.82 Å². The van der Waals surface area contributed by atoms with E-state index in [1.165, 1.54) is 0 Å². The van der Waals surface area contributed by atoms with Gasteiger partial charge in [0, 0.05) is 24.4 Å². The van der Waals surface area contributed by atoms with Gasteiger partial charge in [0.15, 0.2) is 0 Å². The predicted octanol–water partition coefficient (Wildman–Crippen LogP) is 2.73. The average molecular weight is 271 g/mol. The minimum atomic E-state index is 0.0236. The van der Waals surface area contributed by atoms with Crippen LogP contribution in [0.5, 0.6) is 0 Å². The molecule has 106 valence electrons. The first-order chi connectivity index (χ1) is 9.58. The highest BCUT2D eigenvalue weighted by atomic mass is 16.1. The van der Waals surface area contributed by atoms with E-state index in [1.807, 2.05) is 39.0 Å². The summed E-state index contributed by atoms with van der Waals surface area (Å²) < 4.78 is 0. The van der Waals surface area contributed by atoms with Crippen LogP contribution >= 0.6 is 0 Å². The standard InChI is InChI=1S/C16H21N3O/c1-11(2)16(20)18-9-8-17-15-12(3)10-13-6-4-5-7-14(13)19-15/h4-7,10-11H,8-9H2,1-3H3,(H,17,19)(H,18,20). The first-order valence-corrected chi connectivity index (χ1v) is 6.96. The normalized spacial score (nSPS) is 10.8. The van der Waals surface area contributed by atoms with Crippen LogP contribution in [0, 0.1) is 12.8 Å². The number of hydrogen-bond donors (Lipinski definition) is 2. The number of rotatable bonds is 5. The number of benzene rings is 1. The lowest BCUT2D eigenvalue weighted by atomic mass is 10.1. The van der Waals surface area contributed by atoms with E-state index in [9.17, 15) is 4.79 Å². The summed E-state index contributed by atoms with van der Waals surface area (Å²) in [5, 5.41) is 7.30. The quantitative estimate of drug-likeness (QED) is 0.822. The molecular weight excluding hydrogens is 250 g/mol. The van der Waals surface area contributed by atoms with Gasteiger partial charge in [-0.15, -0.1) is 0 Å². The Balaban J connectivity index is 1.96. The molecule has 2 aromatic rings. The van der Waals surface area contributed by atoms with Crippen LogP contribution in [0.4, 0.5) is 5.82 Å². The van der Waals surface area contributed by atoms with E-state index in [1.54, 1.807) is 0 Å². The molecule has 1 amide bonds. The number of pyridine rings is 1.